The Morgan fingerprint density at radius 2 is 1.86 bits per heavy atom. The van der Waals surface area contributed by atoms with Gasteiger partial charge in [0, 0.05) is 12.8 Å². The first kappa shape index (κ1) is 19.1. The van der Waals surface area contributed by atoms with E-state index in [0.717, 1.165) is 21.8 Å². The van der Waals surface area contributed by atoms with Crippen LogP contribution >= 0.6 is 11.3 Å². The average Bonchev–Trinajstić information content (AvgIpc) is 3.12. The molecule has 2 amide bonds. The SMILES string of the molecule is Cc1nc(NC(=O)CCC(=O)N2CCOc3ccccc32)sc1-c1ccccc1. The summed E-state index contributed by atoms with van der Waals surface area (Å²) in [6.07, 6.45) is 0.244. The first-order valence-electron chi connectivity index (χ1n) is 9.47. The van der Waals surface area contributed by atoms with Gasteiger partial charge in [-0.1, -0.05) is 53.8 Å². The average molecular weight is 407 g/mol. The summed E-state index contributed by atoms with van der Waals surface area (Å²) in [5, 5.41) is 3.37. The van der Waals surface area contributed by atoms with Gasteiger partial charge < -0.3 is 15.0 Å². The van der Waals surface area contributed by atoms with Gasteiger partial charge in [-0.05, 0) is 24.6 Å². The Morgan fingerprint density at radius 1 is 1.10 bits per heavy atom. The summed E-state index contributed by atoms with van der Waals surface area (Å²) in [7, 11) is 0. The molecule has 0 spiro atoms. The van der Waals surface area contributed by atoms with Gasteiger partial charge in [-0.2, -0.15) is 0 Å². The summed E-state index contributed by atoms with van der Waals surface area (Å²) in [5.74, 6) is 0.396. The number of nitrogens with zero attached hydrogens (tertiary/aromatic N) is 2. The van der Waals surface area contributed by atoms with Crippen LogP contribution in [0, 0.1) is 6.92 Å². The van der Waals surface area contributed by atoms with Crippen LogP contribution in [0.5, 0.6) is 5.75 Å². The van der Waals surface area contributed by atoms with E-state index in [4.69, 9.17) is 4.74 Å². The van der Waals surface area contributed by atoms with E-state index < -0.39 is 0 Å². The molecule has 1 N–H and O–H groups in total. The highest BCUT2D eigenvalue weighted by molar-refractivity contribution is 7.19. The Bertz CT molecular complexity index is 1030. The third-order valence-corrected chi connectivity index (χ3v) is 5.80. The number of fused-ring (bicyclic) bond motifs is 1. The van der Waals surface area contributed by atoms with E-state index in [1.165, 1.54) is 11.3 Å². The van der Waals surface area contributed by atoms with Gasteiger partial charge in [-0.15, -0.1) is 0 Å². The van der Waals surface area contributed by atoms with Crippen LogP contribution in [0.3, 0.4) is 0 Å². The van der Waals surface area contributed by atoms with E-state index in [1.54, 1.807) is 4.90 Å². The quantitative estimate of drug-likeness (QED) is 0.686. The lowest BCUT2D eigenvalue weighted by Crippen LogP contribution is -2.38. The second-order valence-corrected chi connectivity index (χ2v) is 7.71. The van der Waals surface area contributed by atoms with Gasteiger partial charge >= 0.3 is 0 Å². The largest absolute Gasteiger partial charge is 0.490 e. The Labute approximate surface area is 173 Å². The molecule has 0 atom stereocenters. The minimum Gasteiger partial charge on any atom is -0.490 e. The second kappa shape index (κ2) is 8.45. The zero-order valence-electron chi connectivity index (χ0n) is 16.1. The maximum absolute atomic E-state index is 12.6. The normalized spacial score (nSPS) is 12.8. The highest BCUT2D eigenvalue weighted by atomic mass is 32.1. The Kier molecular flexibility index (Phi) is 5.57. The third-order valence-electron chi connectivity index (χ3n) is 4.67. The number of benzene rings is 2. The summed E-state index contributed by atoms with van der Waals surface area (Å²) >= 11 is 1.44. The summed E-state index contributed by atoms with van der Waals surface area (Å²) in [6.45, 7) is 2.87. The predicted octanol–water partition coefficient (Wildman–Crippen LogP) is 4.26. The number of amides is 2. The van der Waals surface area contributed by atoms with E-state index in [1.807, 2.05) is 61.5 Å². The molecular weight excluding hydrogens is 386 g/mol. The van der Waals surface area contributed by atoms with Crippen molar-refractivity contribution in [1.29, 1.82) is 0 Å². The van der Waals surface area contributed by atoms with Crippen LogP contribution in [0.4, 0.5) is 10.8 Å². The topological polar surface area (TPSA) is 71.5 Å². The van der Waals surface area contributed by atoms with Crippen LogP contribution in [0.2, 0.25) is 0 Å². The molecule has 7 heteroatoms. The van der Waals surface area contributed by atoms with Crippen LogP contribution in [0.25, 0.3) is 10.4 Å². The number of hydrogen-bond donors (Lipinski definition) is 1. The maximum atomic E-state index is 12.6. The van der Waals surface area contributed by atoms with Crippen LogP contribution in [0.1, 0.15) is 18.5 Å². The van der Waals surface area contributed by atoms with Crippen molar-refractivity contribution in [3.8, 4) is 16.2 Å². The molecule has 0 saturated carbocycles. The molecular formula is C22H21N3O3S. The molecule has 4 rings (SSSR count). The Morgan fingerprint density at radius 3 is 2.69 bits per heavy atom. The first-order chi connectivity index (χ1) is 14.1. The fourth-order valence-corrected chi connectivity index (χ4v) is 4.26. The van der Waals surface area contributed by atoms with Gasteiger partial charge in [-0.25, -0.2) is 4.98 Å². The molecule has 0 bridgehead atoms. The number of rotatable bonds is 5. The standard InChI is InChI=1S/C22H21N3O3S/c1-15-21(16-7-3-2-4-8-16)29-22(23-15)24-19(26)11-12-20(27)25-13-14-28-18-10-6-5-9-17(18)25/h2-10H,11-14H2,1H3,(H,23,24,26). The molecule has 1 aromatic heterocycles. The predicted molar refractivity (Wildman–Crippen MR) is 114 cm³/mol. The molecule has 148 valence electrons. The minimum atomic E-state index is -0.215. The number of aromatic nitrogens is 1. The van der Waals surface area contributed by atoms with Gasteiger partial charge in [0.15, 0.2) is 5.13 Å². The van der Waals surface area contributed by atoms with Crippen LogP contribution < -0.4 is 15.0 Å². The van der Waals surface area contributed by atoms with Crippen molar-refractivity contribution in [3.63, 3.8) is 0 Å². The number of carbonyl (C=O) groups is 2. The second-order valence-electron chi connectivity index (χ2n) is 6.71. The fraction of sp³-hybridized carbons (Fsp3) is 0.227. The van der Waals surface area contributed by atoms with Gasteiger partial charge in [0.05, 0.1) is 22.8 Å². The molecule has 1 aliphatic rings. The van der Waals surface area contributed by atoms with E-state index in [-0.39, 0.29) is 24.7 Å². The van der Waals surface area contributed by atoms with E-state index >= 15 is 0 Å². The van der Waals surface area contributed by atoms with Crippen LogP contribution in [-0.2, 0) is 9.59 Å². The monoisotopic (exact) mass is 407 g/mol. The molecule has 0 radical (unpaired) electrons. The number of hydrogen-bond acceptors (Lipinski definition) is 5. The van der Waals surface area contributed by atoms with Crippen molar-refractivity contribution < 1.29 is 14.3 Å². The van der Waals surface area contributed by atoms with Gasteiger partial charge in [0.2, 0.25) is 11.8 Å². The minimum absolute atomic E-state index is 0.0869. The summed E-state index contributed by atoms with van der Waals surface area (Å²) < 4.78 is 5.58. The molecule has 6 nitrogen and oxygen atoms in total. The number of aryl methyl sites for hydroxylation is 1. The lowest BCUT2D eigenvalue weighted by atomic mass is 10.2. The Hall–Kier alpha value is -3.19. The van der Waals surface area contributed by atoms with Crippen molar-refractivity contribution in [3.05, 3.63) is 60.3 Å². The Balaban J connectivity index is 1.36. The summed E-state index contributed by atoms with van der Waals surface area (Å²) in [4.78, 5) is 32.2. The van der Waals surface area contributed by atoms with Crippen LogP contribution in [0.15, 0.2) is 54.6 Å². The molecule has 2 heterocycles. The maximum Gasteiger partial charge on any atom is 0.227 e. The number of para-hydroxylation sites is 2. The van der Waals surface area contributed by atoms with Crippen molar-refractivity contribution in [1.82, 2.24) is 4.98 Å². The number of nitrogens with one attached hydrogen (secondary N) is 1. The zero-order chi connectivity index (χ0) is 20.2. The van der Waals surface area contributed by atoms with Gasteiger partial charge in [0.1, 0.15) is 12.4 Å². The molecule has 1 aliphatic heterocycles. The van der Waals surface area contributed by atoms with Gasteiger partial charge in [-0.3, -0.25) is 9.59 Å². The number of carbonyl (C=O) groups excluding carboxylic acids is 2. The van der Waals surface area contributed by atoms with Gasteiger partial charge in [0.25, 0.3) is 0 Å². The van der Waals surface area contributed by atoms with Crippen LogP contribution in [-0.4, -0.2) is 29.9 Å². The van der Waals surface area contributed by atoms with Crippen molar-refractivity contribution in [2.45, 2.75) is 19.8 Å². The molecule has 0 saturated heterocycles. The van der Waals surface area contributed by atoms with Crippen molar-refractivity contribution >= 4 is 34.0 Å². The lowest BCUT2D eigenvalue weighted by Gasteiger charge is -2.29. The highest BCUT2D eigenvalue weighted by Crippen LogP contribution is 2.33. The first-order valence-corrected chi connectivity index (χ1v) is 10.3. The molecule has 29 heavy (non-hydrogen) atoms. The highest BCUT2D eigenvalue weighted by Gasteiger charge is 2.23. The fourth-order valence-electron chi connectivity index (χ4n) is 3.27. The number of thiazole rings is 1. The third kappa shape index (κ3) is 4.30. The summed E-state index contributed by atoms with van der Waals surface area (Å²) in [6, 6.07) is 17.4. The summed E-state index contributed by atoms with van der Waals surface area (Å²) in [5.41, 5.74) is 2.70. The smallest absolute Gasteiger partial charge is 0.227 e. The number of ether oxygens (including phenoxy) is 1. The molecule has 0 fully saturated rings. The molecule has 2 aromatic carbocycles. The van der Waals surface area contributed by atoms with E-state index in [0.29, 0.717) is 24.0 Å². The molecule has 0 aliphatic carbocycles. The zero-order valence-corrected chi connectivity index (χ0v) is 16.9. The van der Waals surface area contributed by atoms with E-state index in [2.05, 4.69) is 10.3 Å². The van der Waals surface area contributed by atoms with E-state index in [9.17, 15) is 9.59 Å². The molecule has 0 unspecified atom stereocenters. The van der Waals surface area contributed by atoms with Crippen molar-refractivity contribution in [2.75, 3.05) is 23.4 Å². The molecule has 3 aromatic rings. The van der Waals surface area contributed by atoms with Crippen molar-refractivity contribution in [2.24, 2.45) is 0 Å². The lowest BCUT2D eigenvalue weighted by molar-refractivity contribution is -0.122. The number of anilines is 2.